The van der Waals surface area contributed by atoms with Gasteiger partial charge in [-0.2, -0.15) is 0 Å². The number of hydrogen-bond acceptors (Lipinski definition) is 4. The molecule has 0 spiro atoms. The number of amides is 1. The van der Waals surface area contributed by atoms with Crippen LogP contribution in [0, 0.1) is 0 Å². The van der Waals surface area contributed by atoms with Crippen LogP contribution in [0.2, 0.25) is 0 Å². The highest BCUT2D eigenvalue weighted by Gasteiger charge is 2.00. The van der Waals surface area contributed by atoms with Gasteiger partial charge in [-0.3, -0.25) is 20.9 Å². The second kappa shape index (κ2) is 5.16. The van der Waals surface area contributed by atoms with Crippen molar-refractivity contribution in [1.82, 2.24) is 10.7 Å². The third kappa shape index (κ3) is 5.49. The summed E-state index contributed by atoms with van der Waals surface area (Å²) in [4.78, 5) is 20.5. The molecule has 0 bridgehead atoms. The summed E-state index contributed by atoms with van der Waals surface area (Å²) in [7, 11) is 0. The molecular weight excluding hydrogens is 158 g/mol. The first-order chi connectivity index (χ1) is 4.66. The van der Waals surface area contributed by atoms with E-state index in [-0.39, 0.29) is 19.0 Å². The molecule has 58 valence electrons. The maximum absolute atomic E-state index is 10.5. The van der Waals surface area contributed by atoms with Gasteiger partial charge in [-0.15, -0.1) is 0 Å². The average Bonchev–Trinajstić information content (AvgIpc) is 1.85. The lowest BCUT2D eigenvalue weighted by molar-refractivity contribution is -0.122. The first-order valence-corrected chi connectivity index (χ1v) is 2.93. The number of rotatable bonds is 4. The van der Waals surface area contributed by atoms with E-state index in [9.17, 15) is 9.59 Å². The van der Waals surface area contributed by atoms with Crippen LogP contribution in [-0.4, -0.2) is 24.2 Å². The molecule has 0 unspecified atom stereocenters. The Labute approximate surface area is 62.9 Å². The second-order valence-electron chi connectivity index (χ2n) is 1.51. The van der Waals surface area contributed by atoms with Crippen LogP contribution >= 0.6 is 11.6 Å². The van der Waals surface area contributed by atoms with Crippen molar-refractivity contribution in [3.05, 3.63) is 0 Å². The van der Waals surface area contributed by atoms with Crippen LogP contribution in [0.15, 0.2) is 0 Å². The van der Waals surface area contributed by atoms with Crippen molar-refractivity contribution >= 4 is 22.8 Å². The molecule has 0 aromatic rings. The predicted octanol–water partition coefficient (Wildman–Crippen LogP) is -1.67. The molecule has 5 nitrogen and oxygen atoms in total. The molecule has 0 saturated carbocycles. The van der Waals surface area contributed by atoms with Crippen LogP contribution in [0.4, 0.5) is 0 Å². The molecule has 0 aliphatic heterocycles. The highest BCUT2D eigenvalue weighted by Crippen LogP contribution is 1.74. The van der Waals surface area contributed by atoms with Crippen LogP contribution in [0.25, 0.3) is 0 Å². The lowest BCUT2D eigenvalue weighted by Gasteiger charge is -1.98. The van der Waals surface area contributed by atoms with Gasteiger partial charge in [-0.25, -0.2) is 0 Å². The molecule has 0 aliphatic carbocycles. The number of carbonyl (C=O) groups excluding carboxylic acids is 2. The Bertz CT molecular complexity index is 138. The first-order valence-electron chi connectivity index (χ1n) is 2.55. The topological polar surface area (TPSA) is 84.2 Å². The van der Waals surface area contributed by atoms with Crippen molar-refractivity contribution in [1.29, 1.82) is 0 Å². The molecule has 0 aromatic heterocycles. The van der Waals surface area contributed by atoms with Crippen LogP contribution in [-0.2, 0) is 9.59 Å². The van der Waals surface area contributed by atoms with Crippen LogP contribution < -0.4 is 16.6 Å². The van der Waals surface area contributed by atoms with Crippen LogP contribution in [0.5, 0.6) is 0 Å². The van der Waals surface area contributed by atoms with Gasteiger partial charge in [-0.1, -0.05) is 0 Å². The fourth-order valence-electron chi connectivity index (χ4n) is 0.323. The summed E-state index contributed by atoms with van der Waals surface area (Å²) in [5.41, 5.74) is 2.12. The molecular formula is C4H8ClN3O2. The maximum atomic E-state index is 10.5. The first kappa shape index (κ1) is 9.35. The predicted molar refractivity (Wildman–Crippen MR) is 36.1 cm³/mol. The molecule has 0 radical (unpaired) electrons. The van der Waals surface area contributed by atoms with Crippen molar-refractivity contribution in [3.63, 3.8) is 0 Å². The third-order valence-electron chi connectivity index (χ3n) is 0.687. The van der Waals surface area contributed by atoms with E-state index < -0.39 is 5.24 Å². The van der Waals surface area contributed by atoms with Gasteiger partial charge < -0.3 is 5.32 Å². The van der Waals surface area contributed by atoms with E-state index >= 15 is 0 Å². The Hall–Kier alpha value is -0.650. The van der Waals surface area contributed by atoms with Gasteiger partial charge in [-0.05, 0) is 11.6 Å². The molecule has 0 aromatic carbocycles. The molecule has 0 atom stereocenters. The van der Waals surface area contributed by atoms with Crippen molar-refractivity contribution < 1.29 is 9.59 Å². The summed E-state index contributed by atoms with van der Waals surface area (Å²) < 4.78 is 0. The van der Waals surface area contributed by atoms with E-state index in [2.05, 4.69) is 10.7 Å². The summed E-state index contributed by atoms with van der Waals surface area (Å²) in [5.74, 6) is 4.44. The van der Waals surface area contributed by atoms with Gasteiger partial charge >= 0.3 is 0 Å². The summed E-state index contributed by atoms with van der Waals surface area (Å²) in [6.07, 6.45) is 0. The number of nitrogens with one attached hydrogen (secondary N) is 2. The Balaban J connectivity index is 3.30. The molecule has 0 fully saturated rings. The second-order valence-corrected chi connectivity index (χ2v) is 1.93. The van der Waals surface area contributed by atoms with Crippen molar-refractivity contribution in [2.24, 2.45) is 5.84 Å². The van der Waals surface area contributed by atoms with Gasteiger partial charge in [0.1, 0.15) is 0 Å². The Morgan fingerprint density at radius 2 is 2.00 bits per heavy atom. The zero-order chi connectivity index (χ0) is 7.98. The lowest BCUT2D eigenvalue weighted by Crippen LogP contribution is -2.38. The van der Waals surface area contributed by atoms with E-state index in [0.29, 0.717) is 0 Å². The van der Waals surface area contributed by atoms with Crippen molar-refractivity contribution in [2.75, 3.05) is 13.1 Å². The van der Waals surface area contributed by atoms with Crippen LogP contribution in [0.3, 0.4) is 0 Å². The van der Waals surface area contributed by atoms with Crippen molar-refractivity contribution in [3.8, 4) is 0 Å². The van der Waals surface area contributed by atoms with E-state index in [1.807, 2.05) is 0 Å². The SMILES string of the molecule is NNCC(=O)NCC(=O)Cl. The minimum Gasteiger partial charge on any atom is -0.347 e. The summed E-state index contributed by atoms with van der Waals surface area (Å²) in [6, 6.07) is 0. The molecule has 10 heavy (non-hydrogen) atoms. The van der Waals surface area contributed by atoms with E-state index in [4.69, 9.17) is 17.4 Å². The zero-order valence-corrected chi connectivity index (χ0v) is 5.94. The monoisotopic (exact) mass is 165 g/mol. The van der Waals surface area contributed by atoms with Gasteiger partial charge in [0.15, 0.2) is 0 Å². The largest absolute Gasteiger partial charge is 0.347 e. The van der Waals surface area contributed by atoms with E-state index in [0.717, 1.165) is 0 Å². The molecule has 6 heteroatoms. The fourth-order valence-corrected chi connectivity index (χ4v) is 0.390. The normalized spacial score (nSPS) is 9.00. The summed E-state index contributed by atoms with van der Waals surface area (Å²) in [6.45, 7) is -0.188. The van der Waals surface area contributed by atoms with Gasteiger partial charge in [0, 0.05) is 0 Å². The quantitative estimate of drug-likeness (QED) is 0.264. The number of hydrazine groups is 1. The number of nitrogens with two attached hydrogens (primary N) is 1. The van der Waals surface area contributed by atoms with Gasteiger partial charge in [0.2, 0.25) is 11.1 Å². The number of hydrogen-bond donors (Lipinski definition) is 3. The Morgan fingerprint density at radius 3 is 2.40 bits per heavy atom. The number of carbonyl (C=O) groups is 2. The average molecular weight is 166 g/mol. The fraction of sp³-hybridized carbons (Fsp3) is 0.500. The smallest absolute Gasteiger partial charge is 0.240 e. The molecule has 0 heterocycles. The van der Waals surface area contributed by atoms with Crippen molar-refractivity contribution in [2.45, 2.75) is 0 Å². The minimum atomic E-state index is -0.606. The zero-order valence-electron chi connectivity index (χ0n) is 5.19. The minimum absolute atomic E-state index is 0.0236. The summed E-state index contributed by atoms with van der Waals surface area (Å²) in [5, 5.41) is 1.61. The Kier molecular flexibility index (Phi) is 4.82. The Morgan fingerprint density at radius 1 is 1.40 bits per heavy atom. The molecule has 0 aliphatic rings. The van der Waals surface area contributed by atoms with E-state index in [1.165, 1.54) is 0 Å². The maximum Gasteiger partial charge on any atom is 0.240 e. The molecule has 0 saturated heterocycles. The van der Waals surface area contributed by atoms with Gasteiger partial charge in [0.05, 0.1) is 13.1 Å². The summed E-state index contributed by atoms with van der Waals surface area (Å²) >= 11 is 4.92. The van der Waals surface area contributed by atoms with Crippen LogP contribution in [0.1, 0.15) is 0 Å². The standard InChI is InChI=1S/C4H8ClN3O2/c5-3(9)1-7-4(10)2-8-6/h8H,1-2,6H2,(H,7,10). The number of halogens is 1. The van der Waals surface area contributed by atoms with E-state index in [1.54, 1.807) is 0 Å². The third-order valence-corrected chi connectivity index (χ3v) is 0.821. The molecule has 4 N–H and O–H groups in total. The highest BCUT2D eigenvalue weighted by molar-refractivity contribution is 6.64. The highest BCUT2D eigenvalue weighted by atomic mass is 35.5. The lowest BCUT2D eigenvalue weighted by atomic mass is 10.6. The molecule has 1 amide bonds. The van der Waals surface area contributed by atoms with Gasteiger partial charge in [0.25, 0.3) is 0 Å². The molecule has 0 rings (SSSR count).